The van der Waals surface area contributed by atoms with Gasteiger partial charge in [0, 0.05) is 27.0 Å². The standard InChI is InChI=1S/C28H25Cl3N4O4S/c1-18-13-20(19(2)35(18)27-12-7-22(30)15-26(27)31)16-32-33-28(36)17-34(23-6-4-5-21(29)14-23)40(37,38)25-10-8-24(39-3)9-11-25/h4-16H,17H2,1-3H3,(H,33,36)/b32-16-. The number of aryl methyl sites for hydroxylation is 1. The zero-order chi connectivity index (χ0) is 29.0. The average Bonchev–Trinajstić information content (AvgIpc) is 3.19. The van der Waals surface area contributed by atoms with Crippen molar-refractivity contribution in [3.8, 4) is 11.4 Å². The van der Waals surface area contributed by atoms with E-state index in [1.54, 1.807) is 30.3 Å². The maximum Gasteiger partial charge on any atom is 0.264 e. The fourth-order valence-corrected chi connectivity index (χ4v) is 6.20. The molecule has 1 N–H and O–H groups in total. The smallest absolute Gasteiger partial charge is 0.264 e. The highest BCUT2D eigenvalue weighted by Crippen LogP contribution is 2.29. The molecule has 40 heavy (non-hydrogen) atoms. The van der Waals surface area contributed by atoms with Gasteiger partial charge in [-0.05, 0) is 80.6 Å². The molecule has 0 fully saturated rings. The van der Waals surface area contributed by atoms with Crippen LogP contribution in [0.5, 0.6) is 5.75 Å². The summed E-state index contributed by atoms with van der Waals surface area (Å²) in [5.74, 6) is -0.152. The topological polar surface area (TPSA) is 93.0 Å². The highest BCUT2D eigenvalue weighted by atomic mass is 35.5. The van der Waals surface area contributed by atoms with E-state index in [0.717, 1.165) is 26.9 Å². The molecule has 12 heteroatoms. The summed E-state index contributed by atoms with van der Waals surface area (Å²) in [5, 5.41) is 5.41. The second-order valence-corrected chi connectivity index (χ2v) is 11.9. The highest BCUT2D eigenvalue weighted by molar-refractivity contribution is 7.92. The van der Waals surface area contributed by atoms with Gasteiger partial charge >= 0.3 is 0 Å². The van der Waals surface area contributed by atoms with Gasteiger partial charge < -0.3 is 9.30 Å². The van der Waals surface area contributed by atoms with E-state index in [-0.39, 0.29) is 10.6 Å². The van der Waals surface area contributed by atoms with Gasteiger partial charge in [0.15, 0.2) is 0 Å². The van der Waals surface area contributed by atoms with Gasteiger partial charge in [0.2, 0.25) is 0 Å². The van der Waals surface area contributed by atoms with Crippen LogP contribution in [-0.4, -0.2) is 38.8 Å². The Bertz CT molecular complexity index is 1690. The summed E-state index contributed by atoms with van der Waals surface area (Å²) in [5.41, 5.74) is 5.87. The summed E-state index contributed by atoms with van der Waals surface area (Å²) < 4.78 is 35.1. The molecule has 8 nitrogen and oxygen atoms in total. The molecule has 0 saturated carbocycles. The van der Waals surface area contributed by atoms with Gasteiger partial charge in [-0.15, -0.1) is 0 Å². The Hall–Kier alpha value is -3.50. The maximum atomic E-state index is 13.5. The Morgan fingerprint density at radius 1 is 1.00 bits per heavy atom. The van der Waals surface area contributed by atoms with Gasteiger partial charge in [0.25, 0.3) is 15.9 Å². The van der Waals surface area contributed by atoms with E-state index >= 15 is 0 Å². The summed E-state index contributed by atoms with van der Waals surface area (Å²) in [6, 6.07) is 19.2. The molecule has 0 radical (unpaired) electrons. The summed E-state index contributed by atoms with van der Waals surface area (Å²) in [6.45, 7) is 3.27. The van der Waals surface area contributed by atoms with Gasteiger partial charge in [-0.2, -0.15) is 5.10 Å². The highest BCUT2D eigenvalue weighted by Gasteiger charge is 2.27. The summed E-state index contributed by atoms with van der Waals surface area (Å²) in [4.78, 5) is 12.9. The largest absolute Gasteiger partial charge is 0.497 e. The van der Waals surface area contributed by atoms with Gasteiger partial charge in [-0.3, -0.25) is 9.10 Å². The predicted molar refractivity (Wildman–Crippen MR) is 160 cm³/mol. The number of sulfonamides is 1. The third kappa shape index (κ3) is 6.45. The number of carbonyl (C=O) groups excluding carboxylic acids is 1. The van der Waals surface area contributed by atoms with Crippen LogP contribution in [0.25, 0.3) is 5.69 Å². The van der Waals surface area contributed by atoms with Crippen molar-refractivity contribution in [1.29, 1.82) is 0 Å². The lowest BCUT2D eigenvalue weighted by Crippen LogP contribution is -2.39. The van der Waals surface area contributed by atoms with E-state index in [4.69, 9.17) is 39.5 Å². The number of nitrogens with one attached hydrogen (secondary N) is 1. The number of aromatic nitrogens is 1. The predicted octanol–water partition coefficient (Wildman–Crippen LogP) is 6.41. The molecule has 0 atom stereocenters. The number of ether oxygens (including phenoxy) is 1. The number of hydrogen-bond donors (Lipinski definition) is 1. The number of carbonyl (C=O) groups is 1. The summed E-state index contributed by atoms with van der Waals surface area (Å²) in [6.07, 6.45) is 1.49. The Kier molecular flexibility index (Phi) is 9.10. The van der Waals surface area contributed by atoms with E-state index in [1.165, 1.54) is 43.7 Å². The molecule has 0 unspecified atom stereocenters. The Labute approximate surface area is 247 Å². The first-order valence-electron chi connectivity index (χ1n) is 11.9. The minimum Gasteiger partial charge on any atom is -0.497 e. The normalized spacial score (nSPS) is 11.6. The van der Waals surface area contributed by atoms with E-state index in [9.17, 15) is 13.2 Å². The van der Waals surface area contributed by atoms with Crippen LogP contribution in [0, 0.1) is 13.8 Å². The number of benzene rings is 3. The van der Waals surface area contributed by atoms with Gasteiger partial charge in [0.05, 0.1) is 34.6 Å². The van der Waals surface area contributed by atoms with Crippen LogP contribution in [0.1, 0.15) is 17.0 Å². The first kappa shape index (κ1) is 29.5. The number of anilines is 1. The molecule has 0 bridgehead atoms. The van der Waals surface area contributed by atoms with E-state index in [0.29, 0.717) is 20.8 Å². The van der Waals surface area contributed by atoms with E-state index in [2.05, 4.69) is 10.5 Å². The zero-order valence-electron chi connectivity index (χ0n) is 21.7. The summed E-state index contributed by atoms with van der Waals surface area (Å²) in [7, 11) is -2.65. The number of nitrogens with zero attached hydrogens (tertiary/aromatic N) is 3. The average molecular weight is 620 g/mol. The monoisotopic (exact) mass is 618 g/mol. The van der Waals surface area contributed by atoms with Crippen molar-refractivity contribution >= 4 is 62.6 Å². The van der Waals surface area contributed by atoms with Crippen molar-refractivity contribution < 1.29 is 17.9 Å². The molecule has 3 aromatic carbocycles. The maximum absolute atomic E-state index is 13.5. The minimum atomic E-state index is -4.13. The molecule has 0 saturated heterocycles. The lowest BCUT2D eigenvalue weighted by molar-refractivity contribution is -0.119. The minimum absolute atomic E-state index is 0.0159. The number of halogens is 3. The molecule has 1 heterocycles. The molecule has 4 rings (SSSR count). The van der Waals surface area contributed by atoms with Crippen molar-refractivity contribution in [2.24, 2.45) is 5.10 Å². The van der Waals surface area contributed by atoms with Crippen molar-refractivity contribution in [2.45, 2.75) is 18.7 Å². The second kappa shape index (κ2) is 12.3. The molecular formula is C28H25Cl3N4O4S. The molecule has 208 valence electrons. The van der Waals surface area contributed by atoms with E-state index < -0.39 is 22.5 Å². The van der Waals surface area contributed by atoms with Crippen molar-refractivity contribution in [1.82, 2.24) is 9.99 Å². The van der Waals surface area contributed by atoms with Crippen molar-refractivity contribution in [3.05, 3.63) is 105 Å². The second-order valence-electron chi connectivity index (χ2n) is 8.72. The van der Waals surface area contributed by atoms with Crippen LogP contribution in [-0.2, 0) is 14.8 Å². The molecular weight excluding hydrogens is 595 g/mol. The first-order valence-corrected chi connectivity index (χ1v) is 14.5. The number of hydrogen-bond acceptors (Lipinski definition) is 5. The van der Waals surface area contributed by atoms with Crippen molar-refractivity contribution in [3.63, 3.8) is 0 Å². The Morgan fingerprint density at radius 3 is 2.35 bits per heavy atom. The summed E-state index contributed by atoms with van der Waals surface area (Å²) >= 11 is 18.6. The molecule has 0 aliphatic heterocycles. The number of rotatable bonds is 9. The molecule has 0 aliphatic carbocycles. The van der Waals surface area contributed by atoms with Crippen LogP contribution in [0.4, 0.5) is 5.69 Å². The van der Waals surface area contributed by atoms with Gasteiger partial charge in [-0.1, -0.05) is 40.9 Å². The lowest BCUT2D eigenvalue weighted by atomic mass is 10.2. The fraction of sp³-hybridized carbons (Fsp3) is 0.143. The molecule has 1 amide bonds. The number of methoxy groups -OCH3 is 1. The van der Waals surface area contributed by atoms with Gasteiger partial charge in [-0.25, -0.2) is 13.8 Å². The molecule has 1 aromatic heterocycles. The quantitative estimate of drug-likeness (QED) is 0.173. The van der Waals surface area contributed by atoms with Gasteiger partial charge in [0.1, 0.15) is 12.3 Å². The van der Waals surface area contributed by atoms with Crippen molar-refractivity contribution in [2.75, 3.05) is 18.0 Å². The molecule has 0 aliphatic rings. The van der Waals surface area contributed by atoms with Crippen LogP contribution in [0.2, 0.25) is 15.1 Å². The lowest BCUT2D eigenvalue weighted by Gasteiger charge is -2.24. The van der Waals surface area contributed by atoms with Crippen LogP contribution < -0.4 is 14.5 Å². The van der Waals surface area contributed by atoms with Crippen LogP contribution in [0.15, 0.2) is 82.8 Å². The fourth-order valence-electron chi connectivity index (χ4n) is 4.11. The Morgan fingerprint density at radius 2 is 1.70 bits per heavy atom. The third-order valence-corrected chi connectivity index (χ3v) is 8.61. The number of hydrazone groups is 1. The third-order valence-electron chi connectivity index (χ3n) is 6.04. The van der Waals surface area contributed by atoms with E-state index in [1.807, 2.05) is 30.5 Å². The van der Waals surface area contributed by atoms with Crippen LogP contribution >= 0.6 is 34.8 Å². The Balaban J connectivity index is 1.56. The molecule has 0 spiro atoms. The first-order chi connectivity index (χ1) is 19.0. The van der Waals surface area contributed by atoms with Crippen LogP contribution in [0.3, 0.4) is 0 Å². The number of amides is 1. The SMILES string of the molecule is COc1ccc(S(=O)(=O)N(CC(=O)N/N=C\c2cc(C)n(-c3ccc(Cl)cc3Cl)c2C)c2cccc(Cl)c2)cc1. The molecule has 4 aromatic rings. The zero-order valence-corrected chi connectivity index (χ0v) is 24.8.